The monoisotopic (exact) mass is 265 g/mol. The lowest BCUT2D eigenvalue weighted by Crippen LogP contribution is -2.26. The van der Waals surface area contributed by atoms with Gasteiger partial charge in [-0.2, -0.15) is 0 Å². The first-order valence-electron chi connectivity index (χ1n) is 5.73. The van der Waals surface area contributed by atoms with Gasteiger partial charge < -0.3 is 15.2 Å². The molecular formula is C13H15NO5. The Kier molecular flexibility index (Phi) is 5.53. The topological polar surface area (TPSA) is 92.7 Å². The summed E-state index contributed by atoms with van der Waals surface area (Å²) in [6.45, 7) is 0.280. The van der Waals surface area contributed by atoms with Gasteiger partial charge >= 0.3 is 11.9 Å². The van der Waals surface area contributed by atoms with E-state index in [1.807, 2.05) is 0 Å². The second kappa shape index (κ2) is 7.15. The molecule has 6 nitrogen and oxygen atoms in total. The fraction of sp³-hybridized carbons (Fsp3) is 0.308. The smallest absolute Gasteiger partial charge is 0.336 e. The summed E-state index contributed by atoms with van der Waals surface area (Å²) < 4.78 is 4.46. The number of carbonyl (C=O) groups is 3. The molecule has 0 aliphatic heterocycles. The van der Waals surface area contributed by atoms with Gasteiger partial charge in [0.2, 0.25) is 0 Å². The number of carboxylic acid groups (broad SMARTS) is 1. The zero-order valence-electron chi connectivity index (χ0n) is 10.5. The van der Waals surface area contributed by atoms with Crippen molar-refractivity contribution in [2.75, 3.05) is 13.7 Å². The molecule has 6 heteroatoms. The molecule has 1 aromatic carbocycles. The Labute approximate surface area is 110 Å². The van der Waals surface area contributed by atoms with Gasteiger partial charge in [-0.15, -0.1) is 0 Å². The maximum absolute atomic E-state index is 11.8. The normalized spacial score (nSPS) is 9.74. The number of carbonyl (C=O) groups excluding carboxylic acids is 2. The number of carboxylic acids is 1. The molecule has 1 aromatic rings. The number of aromatic carboxylic acids is 1. The molecule has 0 fully saturated rings. The molecule has 0 aromatic heterocycles. The van der Waals surface area contributed by atoms with E-state index in [4.69, 9.17) is 5.11 Å². The highest BCUT2D eigenvalue weighted by Gasteiger charge is 2.15. The van der Waals surface area contributed by atoms with E-state index >= 15 is 0 Å². The molecule has 0 atom stereocenters. The van der Waals surface area contributed by atoms with E-state index in [1.165, 1.54) is 19.2 Å². The number of amides is 1. The second-order valence-electron chi connectivity index (χ2n) is 3.79. The van der Waals surface area contributed by atoms with Gasteiger partial charge in [-0.1, -0.05) is 12.1 Å². The zero-order chi connectivity index (χ0) is 14.3. The van der Waals surface area contributed by atoms with Crippen LogP contribution in [-0.2, 0) is 9.53 Å². The molecule has 1 rings (SSSR count). The number of hydrogen-bond acceptors (Lipinski definition) is 4. The van der Waals surface area contributed by atoms with Gasteiger partial charge in [0.1, 0.15) is 0 Å². The summed E-state index contributed by atoms with van der Waals surface area (Å²) in [5.74, 6) is -1.97. The van der Waals surface area contributed by atoms with Crippen LogP contribution in [-0.4, -0.2) is 36.6 Å². The predicted octanol–water partition coefficient (Wildman–Crippen LogP) is 1.07. The maximum atomic E-state index is 11.8. The average molecular weight is 265 g/mol. The summed E-state index contributed by atoms with van der Waals surface area (Å²) in [6, 6.07) is 5.96. The summed E-state index contributed by atoms with van der Waals surface area (Å²) >= 11 is 0. The highest BCUT2D eigenvalue weighted by molar-refractivity contribution is 6.04. The third-order valence-corrected chi connectivity index (χ3v) is 2.47. The number of hydrogen-bond donors (Lipinski definition) is 2. The quantitative estimate of drug-likeness (QED) is 0.592. The summed E-state index contributed by atoms with van der Waals surface area (Å²) in [5, 5.41) is 11.5. The molecule has 0 heterocycles. The largest absolute Gasteiger partial charge is 0.478 e. The highest BCUT2D eigenvalue weighted by atomic mass is 16.5. The van der Waals surface area contributed by atoms with Crippen molar-refractivity contribution >= 4 is 17.8 Å². The summed E-state index contributed by atoms with van der Waals surface area (Å²) in [7, 11) is 1.30. The minimum atomic E-state index is -1.15. The molecule has 0 radical (unpaired) electrons. The minimum Gasteiger partial charge on any atom is -0.478 e. The summed E-state index contributed by atoms with van der Waals surface area (Å²) in [6.07, 6.45) is 0.644. The van der Waals surface area contributed by atoms with E-state index < -0.39 is 11.9 Å². The van der Waals surface area contributed by atoms with E-state index in [1.54, 1.807) is 12.1 Å². The molecule has 0 aliphatic carbocycles. The van der Waals surface area contributed by atoms with E-state index in [0.717, 1.165) is 0 Å². The third kappa shape index (κ3) is 4.42. The third-order valence-electron chi connectivity index (χ3n) is 2.47. The van der Waals surface area contributed by atoms with Crippen molar-refractivity contribution in [2.45, 2.75) is 12.8 Å². The minimum absolute atomic E-state index is 0.0482. The zero-order valence-corrected chi connectivity index (χ0v) is 10.5. The van der Waals surface area contributed by atoms with Crippen molar-refractivity contribution in [3.63, 3.8) is 0 Å². The van der Waals surface area contributed by atoms with Gasteiger partial charge in [-0.05, 0) is 18.6 Å². The van der Waals surface area contributed by atoms with Gasteiger partial charge in [-0.25, -0.2) is 4.79 Å². The molecule has 2 N–H and O–H groups in total. The Balaban J connectivity index is 2.55. The Hall–Kier alpha value is -2.37. The van der Waals surface area contributed by atoms with Crippen LogP contribution in [0.25, 0.3) is 0 Å². The number of rotatable bonds is 6. The highest BCUT2D eigenvalue weighted by Crippen LogP contribution is 2.08. The molecule has 1 amide bonds. The first kappa shape index (κ1) is 14.7. The molecule has 0 aliphatic rings. The number of methoxy groups -OCH3 is 1. The standard InChI is InChI=1S/C13H15NO5/c1-19-11(15)7-4-8-14-12(16)9-5-2-3-6-10(9)13(17)18/h2-3,5-6H,4,7-8H2,1H3,(H,14,16)(H,17,18). The van der Waals surface area contributed by atoms with Crippen molar-refractivity contribution in [1.29, 1.82) is 0 Å². The van der Waals surface area contributed by atoms with E-state index in [-0.39, 0.29) is 30.1 Å². The molecule has 0 bridgehead atoms. The van der Waals surface area contributed by atoms with Gasteiger partial charge in [-0.3, -0.25) is 9.59 Å². The molecule has 0 spiro atoms. The predicted molar refractivity (Wildman–Crippen MR) is 67.0 cm³/mol. The first-order valence-corrected chi connectivity index (χ1v) is 5.73. The van der Waals surface area contributed by atoms with Crippen LogP contribution in [0.3, 0.4) is 0 Å². The lowest BCUT2D eigenvalue weighted by Gasteiger charge is -2.07. The van der Waals surface area contributed by atoms with Gasteiger partial charge in [0.15, 0.2) is 0 Å². The number of ether oxygens (including phenoxy) is 1. The summed E-state index contributed by atoms with van der Waals surface area (Å²) in [4.78, 5) is 33.6. The van der Waals surface area contributed by atoms with Crippen LogP contribution >= 0.6 is 0 Å². The van der Waals surface area contributed by atoms with Gasteiger partial charge in [0.25, 0.3) is 5.91 Å². The van der Waals surface area contributed by atoms with E-state index in [0.29, 0.717) is 6.42 Å². The second-order valence-corrected chi connectivity index (χ2v) is 3.79. The van der Waals surface area contributed by atoms with Crippen LogP contribution in [0.5, 0.6) is 0 Å². The Morgan fingerprint density at radius 2 is 1.84 bits per heavy atom. The maximum Gasteiger partial charge on any atom is 0.336 e. The molecule has 19 heavy (non-hydrogen) atoms. The van der Waals surface area contributed by atoms with Crippen LogP contribution in [0, 0.1) is 0 Å². The van der Waals surface area contributed by atoms with Gasteiger partial charge in [0, 0.05) is 13.0 Å². The van der Waals surface area contributed by atoms with Crippen LogP contribution < -0.4 is 5.32 Å². The van der Waals surface area contributed by atoms with Gasteiger partial charge in [0.05, 0.1) is 18.2 Å². The first-order chi connectivity index (χ1) is 9.06. The summed E-state index contributed by atoms with van der Waals surface area (Å²) in [5.41, 5.74) is 0.0565. The molecule has 0 unspecified atom stereocenters. The number of benzene rings is 1. The Morgan fingerprint density at radius 3 is 2.42 bits per heavy atom. The SMILES string of the molecule is COC(=O)CCCNC(=O)c1ccccc1C(=O)O. The number of nitrogens with one attached hydrogen (secondary N) is 1. The van der Waals surface area contributed by atoms with Crippen molar-refractivity contribution < 1.29 is 24.2 Å². The van der Waals surface area contributed by atoms with Crippen molar-refractivity contribution in [3.8, 4) is 0 Å². The molecule has 0 saturated heterocycles. The van der Waals surface area contributed by atoms with Crippen LogP contribution in [0.15, 0.2) is 24.3 Å². The van der Waals surface area contributed by atoms with E-state index in [9.17, 15) is 14.4 Å². The Bertz CT molecular complexity index is 484. The average Bonchev–Trinajstić information content (AvgIpc) is 2.42. The van der Waals surface area contributed by atoms with Crippen molar-refractivity contribution in [1.82, 2.24) is 5.32 Å². The Morgan fingerprint density at radius 1 is 1.21 bits per heavy atom. The van der Waals surface area contributed by atoms with Crippen molar-refractivity contribution in [2.24, 2.45) is 0 Å². The van der Waals surface area contributed by atoms with E-state index in [2.05, 4.69) is 10.1 Å². The fourth-order valence-corrected chi connectivity index (χ4v) is 1.50. The van der Waals surface area contributed by atoms with Crippen LogP contribution in [0.4, 0.5) is 0 Å². The van der Waals surface area contributed by atoms with Crippen LogP contribution in [0.1, 0.15) is 33.6 Å². The number of esters is 1. The van der Waals surface area contributed by atoms with Crippen molar-refractivity contribution in [3.05, 3.63) is 35.4 Å². The lowest BCUT2D eigenvalue weighted by atomic mass is 10.1. The lowest BCUT2D eigenvalue weighted by molar-refractivity contribution is -0.140. The molecule has 0 saturated carbocycles. The molecule has 102 valence electrons. The van der Waals surface area contributed by atoms with Crippen LogP contribution in [0.2, 0.25) is 0 Å². The fourth-order valence-electron chi connectivity index (χ4n) is 1.50. The molecular weight excluding hydrogens is 250 g/mol.